The number of hydrogen-bond acceptors (Lipinski definition) is 6. The van der Waals surface area contributed by atoms with Gasteiger partial charge in [-0.2, -0.15) is 4.98 Å². The Hall–Kier alpha value is -3.02. The van der Waals surface area contributed by atoms with E-state index < -0.39 is 0 Å². The molecule has 124 valence electrons. The first-order chi connectivity index (χ1) is 11.7. The van der Waals surface area contributed by atoms with Crippen LogP contribution in [0.5, 0.6) is 17.2 Å². The minimum atomic E-state index is 0.449. The van der Waals surface area contributed by atoms with Crippen molar-refractivity contribution in [1.82, 2.24) is 10.1 Å². The molecule has 6 heteroatoms. The van der Waals surface area contributed by atoms with Gasteiger partial charge in [0, 0.05) is 11.1 Å². The number of aromatic nitrogens is 2. The van der Waals surface area contributed by atoms with E-state index >= 15 is 0 Å². The van der Waals surface area contributed by atoms with Gasteiger partial charge in [-0.1, -0.05) is 22.9 Å². The molecule has 0 atom stereocenters. The van der Waals surface area contributed by atoms with E-state index in [0.29, 0.717) is 34.5 Å². The largest absolute Gasteiger partial charge is 0.493 e. The number of rotatable bonds is 5. The van der Waals surface area contributed by atoms with Gasteiger partial charge in [0.2, 0.25) is 11.6 Å². The molecular weight excluding hydrogens is 308 g/mol. The van der Waals surface area contributed by atoms with Gasteiger partial charge < -0.3 is 18.7 Å². The second-order valence-electron chi connectivity index (χ2n) is 5.20. The Labute approximate surface area is 140 Å². The van der Waals surface area contributed by atoms with Crippen molar-refractivity contribution < 1.29 is 18.7 Å². The zero-order valence-electron chi connectivity index (χ0n) is 14.0. The molecule has 0 unspecified atom stereocenters. The Balaban J connectivity index is 2.02. The topological polar surface area (TPSA) is 66.6 Å². The molecule has 1 heterocycles. The van der Waals surface area contributed by atoms with E-state index in [2.05, 4.69) is 10.1 Å². The number of hydrogen-bond donors (Lipinski definition) is 0. The summed E-state index contributed by atoms with van der Waals surface area (Å²) in [7, 11) is 4.69. The van der Waals surface area contributed by atoms with Gasteiger partial charge in [-0.3, -0.25) is 0 Å². The second kappa shape index (κ2) is 6.62. The lowest BCUT2D eigenvalue weighted by molar-refractivity contribution is 0.324. The molecule has 0 aliphatic heterocycles. The van der Waals surface area contributed by atoms with E-state index in [1.807, 2.05) is 31.2 Å². The lowest BCUT2D eigenvalue weighted by Gasteiger charge is -2.12. The lowest BCUT2D eigenvalue weighted by Crippen LogP contribution is -1.96. The Morgan fingerprint density at radius 3 is 2.00 bits per heavy atom. The van der Waals surface area contributed by atoms with Gasteiger partial charge in [0.05, 0.1) is 21.3 Å². The summed E-state index contributed by atoms with van der Waals surface area (Å²) in [6, 6.07) is 11.5. The van der Waals surface area contributed by atoms with Crippen LogP contribution in [0.1, 0.15) is 5.56 Å². The predicted molar refractivity (Wildman–Crippen MR) is 89.6 cm³/mol. The molecule has 24 heavy (non-hydrogen) atoms. The van der Waals surface area contributed by atoms with Crippen LogP contribution in [0.2, 0.25) is 0 Å². The summed E-state index contributed by atoms with van der Waals surface area (Å²) >= 11 is 0. The average molecular weight is 326 g/mol. The lowest BCUT2D eigenvalue weighted by atomic mass is 10.1. The Kier molecular flexibility index (Phi) is 4.37. The van der Waals surface area contributed by atoms with Gasteiger partial charge in [-0.25, -0.2) is 0 Å². The third-order valence-corrected chi connectivity index (χ3v) is 3.65. The van der Waals surface area contributed by atoms with Crippen molar-refractivity contribution >= 4 is 0 Å². The molecular formula is C18H18N2O4. The van der Waals surface area contributed by atoms with Crippen molar-refractivity contribution in [2.45, 2.75) is 6.92 Å². The highest BCUT2D eigenvalue weighted by Crippen LogP contribution is 2.40. The normalized spacial score (nSPS) is 10.5. The van der Waals surface area contributed by atoms with E-state index in [1.165, 1.54) is 5.56 Å². The zero-order chi connectivity index (χ0) is 17.1. The molecule has 3 rings (SSSR count). The van der Waals surface area contributed by atoms with Crippen molar-refractivity contribution in [2.24, 2.45) is 0 Å². The summed E-state index contributed by atoms with van der Waals surface area (Å²) in [6.07, 6.45) is 0. The maximum absolute atomic E-state index is 5.37. The van der Waals surface area contributed by atoms with E-state index in [0.717, 1.165) is 5.56 Å². The highest BCUT2D eigenvalue weighted by Gasteiger charge is 2.17. The van der Waals surface area contributed by atoms with Crippen molar-refractivity contribution in [2.75, 3.05) is 21.3 Å². The minimum absolute atomic E-state index is 0.449. The van der Waals surface area contributed by atoms with Crippen LogP contribution in [0, 0.1) is 6.92 Å². The number of nitrogens with zero attached hydrogens (tertiary/aromatic N) is 2. The van der Waals surface area contributed by atoms with E-state index in [1.54, 1.807) is 33.5 Å². The van der Waals surface area contributed by atoms with Crippen LogP contribution in [0.4, 0.5) is 0 Å². The summed E-state index contributed by atoms with van der Waals surface area (Å²) in [5, 5.41) is 4.05. The van der Waals surface area contributed by atoms with Crippen LogP contribution >= 0.6 is 0 Å². The fraction of sp³-hybridized carbons (Fsp3) is 0.222. The molecule has 0 fully saturated rings. The Morgan fingerprint density at radius 1 is 0.833 bits per heavy atom. The third-order valence-electron chi connectivity index (χ3n) is 3.65. The van der Waals surface area contributed by atoms with Crippen molar-refractivity contribution in [3.63, 3.8) is 0 Å². The molecule has 0 radical (unpaired) electrons. The van der Waals surface area contributed by atoms with Crippen LogP contribution in [-0.4, -0.2) is 31.5 Å². The van der Waals surface area contributed by atoms with E-state index in [-0.39, 0.29) is 0 Å². The van der Waals surface area contributed by atoms with E-state index in [9.17, 15) is 0 Å². The van der Waals surface area contributed by atoms with Gasteiger partial charge in [0.15, 0.2) is 11.5 Å². The maximum Gasteiger partial charge on any atom is 0.258 e. The Morgan fingerprint density at radius 2 is 1.46 bits per heavy atom. The fourth-order valence-electron chi connectivity index (χ4n) is 2.36. The first-order valence-electron chi connectivity index (χ1n) is 7.37. The van der Waals surface area contributed by atoms with Crippen molar-refractivity contribution in [1.29, 1.82) is 0 Å². The molecule has 0 spiro atoms. The molecule has 3 aromatic rings. The standard InChI is InChI=1S/C18H18N2O4/c1-11-5-7-12(8-6-11)18-19-17(20-24-18)13-9-14(21-2)16(23-4)15(10-13)22-3/h5-10H,1-4H3. The van der Waals surface area contributed by atoms with Gasteiger partial charge in [-0.05, 0) is 31.2 Å². The summed E-state index contributed by atoms with van der Waals surface area (Å²) in [5.74, 6) is 2.50. The smallest absolute Gasteiger partial charge is 0.258 e. The fourth-order valence-corrected chi connectivity index (χ4v) is 2.36. The first-order valence-corrected chi connectivity index (χ1v) is 7.37. The highest BCUT2D eigenvalue weighted by atomic mass is 16.5. The summed E-state index contributed by atoms with van der Waals surface area (Å²) in [6.45, 7) is 2.03. The third kappa shape index (κ3) is 2.90. The van der Waals surface area contributed by atoms with Crippen LogP contribution in [-0.2, 0) is 0 Å². The molecule has 0 bridgehead atoms. The number of aryl methyl sites for hydroxylation is 1. The highest BCUT2D eigenvalue weighted by molar-refractivity contribution is 5.67. The maximum atomic E-state index is 5.37. The zero-order valence-corrected chi connectivity index (χ0v) is 14.0. The molecule has 0 N–H and O–H groups in total. The summed E-state index contributed by atoms with van der Waals surface area (Å²) < 4.78 is 21.4. The molecule has 0 saturated carbocycles. The second-order valence-corrected chi connectivity index (χ2v) is 5.20. The molecule has 0 aliphatic carbocycles. The monoisotopic (exact) mass is 326 g/mol. The molecule has 6 nitrogen and oxygen atoms in total. The summed E-state index contributed by atoms with van der Waals surface area (Å²) in [5.41, 5.74) is 2.75. The first kappa shape index (κ1) is 15.9. The SMILES string of the molecule is COc1cc(-c2noc(-c3ccc(C)cc3)n2)cc(OC)c1OC. The molecule has 2 aromatic carbocycles. The van der Waals surface area contributed by atoms with Crippen molar-refractivity contribution in [3.8, 4) is 40.1 Å². The van der Waals surface area contributed by atoms with Crippen LogP contribution in [0.3, 0.4) is 0 Å². The quantitative estimate of drug-likeness (QED) is 0.711. The van der Waals surface area contributed by atoms with Gasteiger partial charge >= 0.3 is 0 Å². The summed E-state index contributed by atoms with van der Waals surface area (Å²) in [4.78, 5) is 4.46. The molecule has 1 aromatic heterocycles. The number of ether oxygens (including phenoxy) is 3. The van der Waals surface area contributed by atoms with E-state index in [4.69, 9.17) is 18.7 Å². The van der Waals surface area contributed by atoms with Crippen molar-refractivity contribution in [3.05, 3.63) is 42.0 Å². The average Bonchev–Trinajstić information content (AvgIpc) is 3.11. The number of benzene rings is 2. The minimum Gasteiger partial charge on any atom is -0.493 e. The molecule has 0 saturated heterocycles. The van der Waals surface area contributed by atoms with Crippen LogP contribution in [0.25, 0.3) is 22.8 Å². The number of methoxy groups -OCH3 is 3. The molecule has 0 aliphatic rings. The molecule has 0 amide bonds. The Bertz CT molecular complexity index is 815. The van der Waals surface area contributed by atoms with Gasteiger partial charge in [-0.15, -0.1) is 0 Å². The van der Waals surface area contributed by atoms with Crippen LogP contribution < -0.4 is 14.2 Å². The predicted octanol–water partition coefficient (Wildman–Crippen LogP) is 3.74. The van der Waals surface area contributed by atoms with Gasteiger partial charge in [0.1, 0.15) is 0 Å². The van der Waals surface area contributed by atoms with Crippen LogP contribution in [0.15, 0.2) is 40.9 Å². The van der Waals surface area contributed by atoms with Gasteiger partial charge in [0.25, 0.3) is 5.89 Å².